The lowest BCUT2D eigenvalue weighted by molar-refractivity contribution is 0.550. The summed E-state index contributed by atoms with van der Waals surface area (Å²) in [6.07, 6.45) is 11.7. The summed E-state index contributed by atoms with van der Waals surface area (Å²) in [5, 5.41) is 10.0. The number of hydrogen-bond donors (Lipinski definition) is 0. The molecule has 5 nitrogen and oxygen atoms in total. The minimum Gasteiger partial charge on any atom is -0.470 e. The Morgan fingerprint density at radius 2 is 2.00 bits per heavy atom. The monoisotopic (exact) mass is 300 g/mol. The van der Waals surface area contributed by atoms with Gasteiger partial charge < -0.3 is 4.42 Å². The van der Waals surface area contributed by atoms with Crippen molar-refractivity contribution in [3.05, 3.63) is 77.8 Å². The van der Waals surface area contributed by atoms with Gasteiger partial charge in [-0.15, -0.1) is 0 Å². The van der Waals surface area contributed by atoms with Crippen LogP contribution in [0.4, 0.5) is 0 Å². The number of hydrogen-bond acceptors (Lipinski definition) is 5. The average molecular weight is 300 g/mol. The molecule has 5 heteroatoms. The van der Waals surface area contributed by atoms with Gasteiger partial charge in [0, 0.05) is 17.5 Å². The first-order valence-corrected chi connectivity index (χ1v) is 6.92. The summed E-state index contributed by atoms with van der Waals surface area (Å²) >= 11 is 0. The molecule has 3 aromatic rings. The van der Waals surface area contributed by atoms with E-state index in [2.05, 4.69) is 15.0 Å². The Labute approximate surface area is 132 Å². The molecule has 0 fully saturated rings. The molecule has 0 N–H and O–H groups in total. The molecule has 2 bridgehead atoms. The van der Waals surface area contributed by atoms with Crippen LogP contribution >= 0.6 is 0 Å². The summed E-state index contributed by atoms with van der Waals surface area (Å²) in [7, 11) is 0. The van der Waals surface area contributed by atoms with Crippen molar-refractivity contribution in [3.63, 3.8) is 0 Å². The molecule has 0 radical (unpaired) electrons. The Bertz CT molecular complexity index is 982. The predicted octanol–water partition coefficient (Wildman–Crippen LogP) is 2.83. The smallest absolute Gasteiger partial charge is 0.155 e. The van der Waals surface area contributed by atoms with E-state index in [0.717, 1.165) is 16.4 Å². The van der Waals surface area contributed by atoms with Crippen LogP contribution in [-0.4, -0.2) is 15.0 Å². The maximum atomic E-state index is 9.01. The minimum absolute atomic E-state index is 0.377. The van der Waals surface area contributed by atoms with E-state index in [-0.39, 0.29) is 0 Å². The maximum absolute atomic E-state index is 9.01. The fraction of sp³-hybridized carbons (Fsp3) is 0. The number of rotatable bonds is 0. The van der Waals surface area contributed by atoms with Gasteiger partial charge in [-0.1, -0.05) is 18.2 Å². The van der Waals surface area contributed by atoms with E-state index in [1.807, 2.05) is 42.5 Å². The highest BCUT2D eigenvalue weighted by atomic mass is 16.3. The molecule has 0 spiro atoms. The average Bonchev–Trinajstić information content (AvgIpc) is 2.96. The van der Waals surface area contributed by atoms with Crippen LogP contribution in [0.25, 0.3) is 23.3 Å². The fourth-order valence-electron chi connectivity index (χ4n) is 1.90. The Morgan fingerprint density at radius 1 is 1.09 bits per heavy atom. The highest BCUT2D eigenvalue weighted by Crippen LogP contribution is 2.06. The first-order valence-electron chi connectivity index (χ1n) is 6.92. The van der Waals surface area contributed by atoms with Crippen LogP contribution in [0, 0.1) is 11.3 Å². The van der Waals surface area contributed by atoms with Crippen LogP contribution in [0.15, 0.2) is 65.7 Å². The van der Waals surface area contributed by atoms with Crippen LogP contribution in [0.2, 0.25) is 0 Å². The molecular formula is C18H12N4O. The summed E-state index contributed by atoms with van der Waals surface area (Å²) in [6.45, 7) is 0. The van der Waals surface area contributed by atoms with Crippen molar-refractivity contribution in [1.82, 2.24) is 15.0 Å². The lowest BCUT2D eigenvalue weighted by Crippen LogP contribution is -2.01. The van der Waals surface area contributed by atoms with E-state index < -0.39 is 0 Å². The van der Waals surface area contributed by atoms with Crippen LogP contribution in [0.1, 0.15) is 11.3 Å². The fourth-order valence-corrected chi connectivity index (χ4v) is 1.90. The van der Waals surface area contributed by atoms with Gasteiger partial charge in [0.05, 0.1) is 23.0 Å². The molecule has 0 amide bonds. The number of fused-ring (bicyclic) bond motifs is 10. The molecule has 0 saturated heterocycles. The number of aromatic nitrogens is 3. The van der Waals surface area contributed by atoms with Crippen molar-refractivity contribution < 1.29 is 4.42 Å². The predicted molar refractivity (Wildman–Crippen MR) is 87.1 cm³/mol. The summed E-state index contributed by atoms with van der Waals surface area (Å²) < 4.78 is 5.13. The Balaban J connectivity index is 2.18. The van der Waals surface area contributed by atoms with Crippen LogP contribution in [-0.2, 0) is 0 Å². The Hall–Kier alpha value is -3.52. The zero-order valence-corrected chi connectivity index (χ0v) is 12.1. The van der Waals surface area contributed by atoms with Gasteiger partial charge >= 0.3 is 0 Å². The third-order valence-electron chi connectivity index (χ3n) is 3.01. The van der Waals surface area contributed by atoms with Crippen molar-refractivity contribution in [1.29, 1.82) is 5.26 Å². The lowest BCUT2D eigenvalue weighted by atomic mass is 10.3. The van der Waals surface area contributed by atoms with Crippen molar-refractivity contribution in [3.8, 4) is 6.07 Å². The number of nitriles is 1. The highest BCUT2D eigenvalue weighted by Gasteiger charge is 1.97. The minimum atomic E-state index is 0.377. The van der Waals surface area contributed by atoms with Crippen molar-refractivity contribution in [2.75, 3.05) is 0 Å². The lowest BCUT2D eigenvalue weighted by Gasteiger charge is -1.94. The molecule has 110 valence electrons. The van der Waals surface area contributed by atoms with E-state index in [1.165, 1.54) is 18.7 Å². The quantitative estimate of drug-likeness (QED) is 0.747. The number of allylic oxidation sites excluding steroid dienone is 1. The maximum Gasteiger partial charge on any atom is 0.155 e. The van der Waals surface area contributed by atoms with E-state index >= 15 is 0 Å². The second kappa shape index (κ2) is 6.96. The second-order valence-electron chi connectivity index (χ2n) is 4.61. The van der Waals surface area contributed by atoms with E-state index in [0.29, 0.717) is 11.2 Å². The zero-order valence-electron chi connectivity index (χ0n) is 12.1. The molecule has 0 unspecified atom stereocenters. The largest absolute Gasteiger partial charge is 0.470 e. The van der Waals surface area contributed by atoms with Gasteiger partial charge in [0.15, 0.2) is 5.65 Å². The molecule has 0 atom stereocenters. The summed E-state index contributed by atoms with van der Waals surface area (Å²) in [5.41, 5.74) is 2.65. The third-order valence-corrected chi connectivity index (χ3v) is 3.01. The molecule has 0 aliphatic heterocycles. The van der Waals surface area contributed by atoms with Crippen molar-refractivity contribution >= 4 is 23.3 Å². The zero-order chi connectivity index (χ0) is 15.9. The van der Waals surface area contributed by atoms with E-state index in [9.17, 15) is 0 Å². The number of nitrogens with zero attached hydrogens (tertiary/aromatic N) is 4. The third kappa shape index (κ3) is 3.77. The highest BCUT2D eigenvalue weighted by molar-refractivity contribution is 5.67. The first kappa shape index (κ1) is 14.4. The molecule has 3 heterocycles. The molecule has 0 saturated carbocycles. The van der Waals surface area contributed by atoms with E-state index in [1.54, 1.807) is 18.3 Å². The van der Waals surface area contributed by atoms with Crippen LogP contribution in [0.5, 0.6) is 0 Å². The SMILES string of the molecule is N#Cc1ccc2cc(nc3c(cccnccoc1)=CC=C3)n2. The summed E-state index contributed by atoms with van der Waals surface area (Å²) in [4.78, 5) is 12.8. The molecule has 23 heavy (non-hydrogen) atoms. The van der Waals surface area contributed by atoms with Gasteiger partial charge in [-0.2, -0.15) is 5.26 Å². The van der Waals surface area contributed by atoms with Crippen molar-refractivity contribution in [2.45, 2.75) is 0 Å². The Morgan fingerprint density at radius 3 is 2.87 bits per heavy atom. The molecule has 3 aromatic heterocycles. The van der Waals surface area contributed by atoms with Crippen LogP contribution in [0.3, 0.4) is 0 Å². The molecule has 1 aliphatic carbocycles. The molecule has 1 aliphatic rings. The standard InChI is InChI=1S/C18H12N4O/c19-12-14-6-7-16-11-18(21-16)22-17-5-1-3-15(17)4-2-8-20-9-10-23-13-14/h1-11,13H. The summed E-state index contributed by atoms with van der Waals surface area (Å²) in [6, 6.07) is 11.0. The van der Waals surface area contributed by atoms with Crippen molar-refractivity contribution in [2.24, 2.45) is 0 Å². The molecular weight excluding hydrogens is 288 g/mol. The van der Waals surface area contributed by atoms with Gasteiger partial charge in [-0.3, -0.25) is 4.98 Å². The van der Waals surface area contributed by atoms with Gasteiger partial charge in [-0.25, -0.2) is 9.97 Å². The molecule has 0 aromatic carbocycles. The van der Waals surface area contributed by atoms with Gasteiger partial charge in [0.1, 0.15) is 18.6 Å². The van der Waals surface area contributed by atoms with Gasteiger partial charge in [0.2, 0.25) is 0 Å². The summed E-state index contributed by atoms with van der Waals surface area (Å²) in [5.74, 6) is 0. The second-order valence-corrected chi connectivity index (χ2v) is 4.61. The topological polar surface area (TPSA) is 75.6 Å². The first-order chi connectivity index (χ1) is 11.3. The Kier molecular flexibility index (Phi) is 4.36. The van der Waals surface area contributed by atoms with Gasteiger partial charge in [0.25, 0.3) is 0 Å². The normalized spacial score (nSPS) is 10.7. The van der Waals surface area contributed by atoms with Crippen LogP contribution < -0.4 is 5.22 Å². The van der Waals surface area contributed by atoms with E-state index in [4.69, 9.17) is 9.68 Å². The molecule has 4 rings (SSSR count). The van der Waals surface area contributed by atoms with Gasteiger partial charge in [-0.05, 0) is 24.3 Å².